The molecule has 26 heavy (non-hydrogen) atoms. The van der Waals surface area contributed by atoms with Crippen molar-refractivity contribution in [1.82, 2.24) is 9.55 Å². The summed E-state index contributed by atoms with van der Waals surface area (Å²) in [6.45, 7) is 0.843. The van der Waals surface area contributed by atoms with E-state index in [9.17, 15) is 14.7 Å². The highest BCUT2D eigenvalue weighted by molar-refractivity contribution is 5.62. The summed E-state index contributed by atoms with van der Waals surface area (Å²) in [7, 11) is 4.87. The molecule has 2 aromatic rings. The van der Waals surface area contributed by atoms with E-state index in [0.29, 0.717) is 17.2 Å². The highest BCUT2D eigenvalue weighted by Crippen LogP contribution is 2.48. The number of aromatic amines is 1. The van der Waals surface area contributed by atoms with E-state index in [1.165, 1.54) is 14.2 Å². The van der Waals surface area contributed by atoms with Crippen molar-refractivity contribution in [3.63, 3.8) is 0 Å². The Bertz CT molecular complexity index is 1010. The molecule has 9 nitrogen and oxygen atoms in total. The molecule has 4 rings (SSSR count). The lowest BCUT2D eigenvalue weighted by atomic mass is 9.87. The molecule has 2 aliphatic rings. The van der Waals surface area contributed by atoms with Gasteiger partial charge in [-0.2, -0.15) is 0 Å². The Morgan fingerprint density at radius 2 is 2.12 bits per heavy atom. The van der Waals surface area contributed by atoms with Crippen LogP contribution in [0.1, 0.15) is 22.7 Å². The van der Waals surface area contributed by atoms with Crippen LogP contribution in [-0.4, -0.2) is 42.2 Å². The largest absolute Gasteiger partial charge is 0.494 e. The molecule has 0 spiro atoms. The fourth-order valence-corrected chi connectivity index (χ4v) is 3.80. The third-order valence-electron chi connectivity index (χ3n) is 5.13. The number of benzene rings is 1. The lowest BCUT2D eigenvalue weighted by Crippen LogP contribution is -3.10. The molecule has 138 valence electrons. The standard InChI is InChI=1S/C17H19N3O6/c1-19-5-4-8-6-9-13(26-7-25-9)14(24-3)10(8)12(19)11-15(21)18-17(23)20(2)16(11)22/h6,12,22H,4-5,7H2,1-3H3,(H,18,21,23)/p+1/t12-/m1/s1. The van der Waals surface area contributed by atoms with E-state index in [1.807, 2.05) is 13.1 Å². The Morgan fingerprint density at radius 1 is 1.35 bits per heavy atom. The van der Waals surface area contributed by atoms with Crippen LogP contribution in [0.4, 0.5) is 0 Å². The second-order valence-electron chi connectivity index (χ2n) is 6.55. The number of fused-ring (bicyclic) bond motifs is 2. The second-order valence-corrected chi connectivity index (χ2v) is 6.55. The zero-order valence-corrected chi connectivity index (χ0v) is 14.7. The third-order valence-corrected chi connectivity index (χ3v) is 5.13. The van der Waals surface area contributed by atoms with Crippen molar-refractivity contribution in [3.8, 4) is 23.1 Å². The Labute approximate surface area is 148 Å². The molecule has 0 amide bonds. The molecule has 0 aliphatic carbocycles. The number of nitrogens with zero attached hydrogens (tertiary/aromatic N) is 1. The molecule has 9 heteroatoms. The fraction of sp³-hybridized carbons (Fsp3) is 0.412. The first-order valence-electron chi connectivity index (χ1n) is 8.27. The van der Waals surface area contributed by atoms with Gasteiger partial charge >= 0.3 is 5.69 Å². The van der Waals surface area contributed by atoms with Crippen molar-refractivity contribution in [2.75, 3.05) is 27.5 Å². The molecule has 0 fully saturated rings. The van der Waals surface area contributed by atoms with Crippen molar-refractivity contribution in [2.24, 2.45) is 7.05 Å². The van der Waals surface area contributed by atoms with Crippen LogP contribution in [0.2, 0.25) is 0 Å². The van der Waals surface area contributed by atoms with Crippen LogP contribution in [-0.2, 0) is 13.5 Å². The third kappa shape index (κ3) is 2.20. The lowest BCUT2D eigenvalue weighted by Gasteiger charge is -2.33. The van der Waals surface area contributed by atoms with Crippen LogP contribution in [0, 0.1) is 0 Å². The quantitative estimate of drug-likeness (QED) is 0.612. The number of methoxy groups -OCH3 is 1. The van der Waals surface area contributed by atoms with Crippen molar-refractivity contribution in [2.45, 2.75) is 12.5 Å². The minimum atomic E-state index is -0.664. The first-order chi connectivity index (χ1) is 12.4. The van der Waals surface area contributed by atoms with Gasteiger partial charge in [0.2, 0.25) is 18.4 Å². The molecular formula is C17H20N3O6+. The van der Waals surface area contributed by atoms with Gasteiger partial charge in [-0.05, 0) is 11.6 Å². The van der Waals surface area contributed by atoms with Crippen LogP contribution in [0.5, 0.6) is 23.1 Å². The smallest absolute Gasteiger partial charge is 0.330 e. The van der Waals surface area contributed by atoms with Gasteiger partial charge in [-0.25, -0.2) is 4.79 Å². The van der Waals surface area contributed by atoms with E-state index in [2.05, 4.69) is 4.98 Å². The molecule has 1 unspecified atom stereocenters. The fourth-order valence-electron chi connectivity index (χ4n) is 3.80. The maximum atomic E-state index is 12.6. The van der Waals surface area contributed by atoms with E-state index >= 15 is 0 Å². The minimum Gasteiger partial charge on any atom is -0.494 e. The molecular weight excluding hydrogens is 342 g/mol. The highest BCUT2D eigenvalue weighted by Gasteiger charge is 2.40. The molecule has 0 saturated carbocycles. The summed E-state index contributed by atoms with van der Waals surface area (Å²) in [5, 5.41) is 10.5. The summed E-state index contributed by atoms with van der Waals surface area (Å²) in [5.41, 5.74) is 0.585. The van der Waals surface area contributed by atoms with Gasteiger partial charge in [0.1, 0.15) is 5.56 Å². The Balaban J connectivity index is 2.03. The molecule has 3 N–H and O–H groups in total. The number of aromatic hydroxyl groups is 1. The normalized spacial score (nSPS) is 20.7. The monoisotopic (exact) mass is 362 g/mol. The molecule has 0 bridgehead atoms. The van der Waals surface area contributed by atoms with E-state index in [4.69, 9.17) is 14.2 Å². The van der Waals surface area contributed by atoms with Crippen LogP contribution in [0.15, 0.2) is 15.7 Å². The van der Waals surface area contributed by atoms with Gasteiger partial charge in [-0.3, -0.25) is 14.3 Å². The Hall–Kier alpha value is -2.94. The molecule has 0 saturated heterocycles. The predicted octanol–water partition coefficient (Wildman–Crippen LogP) is -1.32. The number of ether oxygens (including phenoxy) is 3. The lowest BCUT2D eigenvalue weighted by molar-refractivity contribution is -0.908. The first-order valence-corrected chi connectivity index (χ1v) is 8.27. The van der Waals surface area contributed by atoms with Crippen molar-refractivity contribution in [1.29, 1.82) is 0 Å². The maximum absolute atomic E-state index is 12.6. The SMILES string of the molecule is COc1c2c(cc3c1[C@H](c1c(O)n(C)c(=O)[nH]c1=O)[NH+](C)CC3)OCO2. The summed E-state index contributed by atoms with van der Waals surface area (Å²) < 4.78 is 17.7. The topological polar surface area (TPSA) is 107 Å². The van der Waals surface area contributed by atoms with Gasteiger partial charge in [0.05, 0.1) is 26.3 Å². The molecule has 0 radical (unpaired) electrons. The zero-order valence-electron chi connectivity index (χ0n) is 14.7. The van der Waals surface area contributed by atoms with Crippen molar-refractivity contribution in [3.05, 3.63) is 43.6 Å². The van der Waals surface area contributed by atoms with E-state index in [-0.39, 0.29) is 18.2 Å². The Kier molecular flexibility index (Phi) is 3.69. The number of nitrogens with one attached hydrogen (secondary N) is 2. The van der Waals surface area contributed by atoms with Gasteiger partial charge in [-0.15, -0.1) is 0 Å². The summed E-state index contributed by atoms with van der Waals surface area (Å²) >= 11 is 0. The van der Waals surface area contributed by atoms with E-state index < -0.39 is 17.3 Å². The molecule has 3 heterocycles. The maximum Gasteiger partial charge on any atom is 0.330 e. The number of hydrogen-bond acceptors (Lipinski definition) is 6. The van der Waals surface area contributed by atoms with Gasteiger partial charge in [-0.1, -0.05) is 0 Å². The van der Waals surface area contributed by atoms with Crippen LogP contribution < -0.4 is 30.4 Å². The number of likely N-dealkylation sites (N-methyl/N-ethyl adjacent to an activating group) is 1. The van der Waals surface area contributed by atoms with Gasteiger partial charge in [0, 0.05) is 13.5 Å². The summed E-state index contributed by atoms with van der Waals surface area (Å²) in [6, 6.07) is 1.38. The van der Waals surface area contributed by atoms with E-state index in [1.54, 1.807) is 0 Å². The first kappa shape index (κ1) is 16.5. The number of H-pyrrole nitrogens is 1. The molecule has 2 atom stereocenters. The summed E-state index contributed by atoms with van der Waals surface area (Å²) in [6.07, 6.45) is 0.759. The van der Waals surface area contributed by atoms with E-state index in [0.717, 1.165) is 33.6 Å². The van der Waals surface area contributed by atoms with Crippen molar-refractivity contribution < 1.29 is 24.2 Å². The Morgan fingerprint density at radius 3 is 2.85 bits per heavy atom. The summed E-state index contributed by atoms with van der Waals surface area (Å²) in [5.74, 6) is 1.24. The molecule has 1 aromatic carbocycles. The molecule has 2 aliphatic heterocycles. The van der Waals surface area contributed by atoms with Crippen LogP contribution in [0.3, 0.4) is 0 Å². The van der Waals surface area contributed by atoms with Gasteiger partial charge < -0.3 is 24.2 Å². The number of quaternary nitrogens is 1. The number of hydrogen-bond donors (Lipinski definition) is 3. The predicted molar refractivity (Wildman–Crippen MR) is 90.4 cm³/mol. The number of aromatic nitrogens is 2. The second kappa shape index (κ2) is 5.80. The van der Waals surface area contributed by atoms with Crippen LogP contribution >= 0.6 is 0 Å². The van der Waals surface area contributed by atoms with Crippen molar-refractivity contribution >= 4 is 0 Å². The van der Waals surface area contributed by atoms with Gasteiger partial charge in [0.15, 0.2) is 17.5 Å². The van der Waals surface area contributed by atoms with Gasteiger partial charge in [0.25, 0.3) is 5.56 Å². The number of rotatable bonds is 2. The zero-order chi connectivity index (χ0) is 18.6. The average Bonchev–Trinajstić information content (AvgIpc) is 3.08. The van der Waals surface area contributed by atoms with Crippen LogP contribution in [0.25, 0.3) is 0 Å². The highest BCUT2D eigenvalue weighted by atomic mass is 16.7. The average molecular weight is 362 g/mol. The summed E-state index contributed by atoms with van der Waals surface area (Å²) in [4.78, 5) is 27.6. The molecule has 1 aromatic heterocycles. The minimum absolute atomic E-state index is 0.105.